The first-order valence-electron chi connectivity index (χ1n) is 13.5. The van der Waals surface area contributed by atoms with Crippen molar-refractivity contribution in [2.45, 2.75) is 52.1 Å². The number of ether oxygens (including phenoxy) is 1. The number of nitrogens with one attached hydrogen (secondary N) is 3. The number of nitrogens with zero attached hydrogens (tertiary/aromatic N) is 1. The zero-order valence-corrected chi connectivity index (χ0v) is 22.6. The van der Waals surface area contributed by atoms with E-state index < -0.39 is 6.10 Å². The second-order valence-electron chi connectivity index (χ2n) is 11.3. The Balaban J connectivity index is 1.24. The molecule has 1 aromatic carbocycles. The summed E-state index contributed by atoms with van der Waals surface area (Å²) in [6, 6.07) is 10.1. The van der Waals surface area contributed by atoms with E-state index in [4.69, 9.17) is 9.72 Å². The molecule has 1 saturated carbocycles. The lowest BCUT2D eigenvalue weighted by Crippen LogP contribution is -3.14. The van der Waals surface area contributed by atoms with E-state index >= 15 is 0 Å². The van der Waals surface area contributed by atoms with Gasteiger partial charge in [0, 0.05) is 22.4 Å². The standard InChI is InChI=1S/C28H40N4O3S/c1-18(26(34)29-11-12-32-13-15-35-16-14-32)21-9-10-28(3)17-22-24(19(2)23(28)25(21)33)31-27(36-22)30-20-7-5-4-6-8-20/h4-8,18-19,21,23,25,33H,9-17H2,1-3H3,(H,29,34)(H,30,31)/p+1/t18-,19-,21-,23+,25-,28-/m0/s1. The van der Waals surface area contributed by atoms with E-state index in [0.29, 0.717) is 6.54 Å². The minimum Gasteiger partial charge on any atom is -0.392 e. The van der Waals surface area contributed by atoms with E-state index in [2.05, 4.69) is 24.5 Å². The van der Waals surface area contributed by atoms with Crippen LogP contribution in [-0.2, 0) is 16.0 Å². The number of thiazole rings is 1. The second kappa shape index (κ2) is 10.8. The third-order valence-corrected chi connectivity index (χ3v) is 9.97. The van der Waals surface area contributed by atoms with Gasteiger partial charge in [0.2, 0.25) is 5.91 Å². The number of carbonyl (C=O) groups is 1. The summed E-state index contributed by atoms with van der Waals surface area (Å²) in [7, 11) is 0. The Labute approximate surface area is 218 Å². The first-order valence-corrected chi connectivity index (χ1v) is 14.4. The summed E-state index contributed by atoms with van der Waals surface area (Å²) in [5.41, 5.74) is 2.18. The lowest BCUT2D eigenvalue weighted by atomic mass is 9.53. The topological polar surface area (TPSA) is 87.9 Å². The Morgan fingerprint density at radius 3 is 2.81 bits per heavy atom. The van der Waals surface area contributed by atoms with Gasteiger partial charge in [-0.2, -0.15) is 0 Å². The molecule has 1 amide bonds. The number of aliphatic hydroxyl groups excluding tert-OH is 1. The highest BCUT2D eigenvalue weighted by Gasteiger charge is 2.53. The van der Waals surface area contributed by atoms with Crippen LogP contribution in [0.3, 0.4) is 0 Å². The number of para-hydroxylation sites is 1. The Morgan fingerprint density at radius 2 is 2.06 bits per heavy atom. The van der Waals surface area contributed by atoms with Crippen LogP contribution in [0.1, 0.15) is 50.1 Å². The quantitative estimate of drug-likeness (QED) is 0.457. The number of hydrogen-bond donors (Lipinski definition) is 4. The van der Waals surface area contributed by atoms with Crippen LogP contribution in [0.15, 0.2) is 30.3 Å². The highest BCUT2D eigenvalue weighted by Crippen LogP contribution is 2.57. The molecule has 3 aliphatic rings. The van der Waals surface area contributed by atoms with Gasteiger partial charge < -0.3 is 25.4 Å². The molecule has 2 aromatic rings. The van der Waals surface area contributed by atoms with Crippen molar-refractivity contribution in [2.75, 3.05) is 44.7 Å². The smallest absolute Gasteiger partial charge is 0.223 e. The van der Waals surface area contributed by atoms with Gasteiger partial charge in [0.05, 0.1) is 38.1 Å². The summed E-state index contributed by atoms with van der Waals surface area (Å²) in [6.07, 6.45) is 2.34. The number of aliphatic hydroxyl groups is 1. The van der Waals surface area contributed by atoms with E-state index in [0.717, 1.165) is 68.6 Å². The van der Waals surface area contributed by atoms with Crippen LogP contribution in [0, 0.1) is 23.2 Å². The molecule has 6 atom stereocenters. The molecule has 0 unspecified atom stereocenters. The fourth-order valence-electron chi connectivity index (χ4n) is 6.87. The van der Waals surface area contributed by atoms with Crippen LogP contribution in [0.25, 0.3) is 0 Å². The Bertz CT molecular complexity index is 1040. The molecular weight excluding hydrogens is 472 g/mol. The first kappa shape index (κ1) is 25.6. The minimum atomic E-state index is -0.509. The molecule has 196 valence electrons. The summed E-state index contributed by atoms with van der Waals surface area (Å²) in [5.74, 6) is 0.0946. The number of quaternary nitrogens is 1. The van der Waals surface area contributed by atoms with Crippen molar-refractivity contribution in [3.8, 4) is 0 Å². The lowest BCUT2D eigenvalue weighted by molar-refractivity contribution is -0.906. The number of morpholine rings is 1. The molecule has 8 heteroatoms. The highest BCUT2D eigenvalue weighted by atomic mass is 32.1. The number of aromatic nitrogens is 1. The van der Waals surface area contributed by atoms with Crippen LogP contribution < -0.4 is 15.5 Å². The number of rotatable bonds is 7. The van der Waals surface area contributed by atoms with Crippen molar-refractivity contribution in [2.24, 2.45) is 23.2 Å². The molecule has 0 bridgehead atoms. The van der Waals surface area contributed by atoms with Gasteiger partial charge in [-0.3, -0.25) is 4.79 Å². The number of carbonyl (C=O) groups excluding carboxylic acids is 1. The summed E-state index contributed by atoms with van der Waals surface area (Å²) in [6.45, 7) is 11.8. The molecule has 4 N–H and O–H groups in total. The van der Waals surface area contributed by atoms with Gasteiger partial charge in [0.15, 0.2) is 5.13 Å². The molecule has 5 rings (SSSR count). The Hall–Kier alpha value is -2.00. The number of fused-ring (bicyclic) bond motifs is 2. The molecule has 7 nitrogen and oxygen atoms in total. The van der Waals surface area contributed by atoms with Gasteiger partial charge in [0.1, 0.15) is 13.1 Å². The summed E-state index contributed by atoms with van der Waals surface area (Å²) in [4.78, 5) is 20.9. The van der Waals surface area contributed by atoms with Gasteiger partial charge >= 0.3 is 0 Å². The number of benzene rings is 1. The molecule has 1 saturated heterocycles. The van der Waals surface area contributed by atoms with Crippen molar-refractivity contribution >= 4 is 28.1 Å². The predicted octanol–water partition coefficient (Wildman–Crippen LogP) is 2.61. The second-order valence-corrected chi connectivity index (χ2v) is 12.4. The van der Waals surface area contributed by atoms with Crippen LogP contribution in [-0.4, -0.2) is 61.5 Å². The Morgan fingerprint density at radius 1 is 1.31 bits per heavy atom. The summed E-state index contributed by atoms with van der Waals surface area (Å²) >= 11 is 1.74. The molecule has 1 aromatic heterocycles. The van der Waals surface area contributed by atoms with E-state index in [1.165, 1.54) is 9.78 Å². The normalized spacial score (nSPS) is 31.2. The average molecular weight is 514 g/mol. The van der Waals surface area contributed by atoms with E-state index in [1.807, 2.05) is 37.3 Å². The maximum absolute atomic E-state index is 13.1. The monoisotopic (exact) mass is 513 g/mol. The van der Waals surface area contributed by atoms with Crippen molar-refractivity contribution in [1.82, 2.24) is 10.3 Å². The number of anilines is 2. The maximum atomic E-state index is 13.1. The van der Waals surface area contributed by atoms with Crippen molar-refractivity contribution < 1.29 is 19.5 Å². The van der Waals surface area contributed by atoms with Crippen LogP contribution >= 0.6 is 11.3 Å². The van der Waals surface area contributed by atoms with Crippen LogP contribution in [0.5, 0.6) is 0 Å². The molecule has 1 aliphatic heterocycles. The molecule has 2 aliphatic carbocycles. The fraction of sp³-hybridized carbons (Fsp3) is 0.643. The largest absolute Gasteiger partial charge is 0.392 e. The lowest BCUT2D eigenvalue weighted by Gasteiger charge is -2.53. The summed E-state index contributed by atoms with van der Waals surface area (Å²) in [5, 5.41) is 19.2. The third-order valence-electron chi connectivity index (χ3n) is 8.98. The zero-order chi connectivity index (χ0) is 25.3. The fourth-order valence-corrected chi connectivity index (χ4v) is 8.16. The molecule has 2 heterocycles. The van der Waals surface area contributed by atoms with E-state index in [9.17, 15) is 9.90 Å². The maximum Gasteiger partial charge on any atom is 0.223 e. The van der Waals surface area contributed by atoms with Gasteiger partial charge in [-0.1, -0.05) is 39.0 Å². The molecule has 0 spiro atoms. The molecular formula is C28H41N4O3S+. The molecule has 0 radical (unpaired) electrons. The van der Waals surface area contributed by atoms with Crippen LogP contribution in [0.4, 0.5) is 10.8 Å². The van der Waals surface area contributed by atoms with Crippen LogP contribution in [0.2, 0.25) is 0 Å². The van der Waals surface area contributed by atoms with Gasteiger partial charge in [-0.25, -0.2) is 4.98 Å². The number of hydrogen-bond acceptors (Lipinski definition) is 6. The van der Waals surface area contributed by atoms with Crippen molar-refractivity contribution in [3.05, 3.63) is 40.9 Å². The molecule has 2 fully saturated rings. The third kappa shape index (κ3) is 5.19. The Kier molecular flexibility index (Phi) is 7.67. The molecule has 36 heavy (non-hydrogen) atoms. The highest BCUT2D eigenvalue weighted by molar-refractivity contribution is 7.15. The predicted molar refractivity (Wildman–Crippen MR) is 143 cm³/mol. The van der Waals surface area contributed by atoms with Gasteiger partial charge in [-0.15, -0.1) is 11.3 Å². The zero-order valence-electron chi connectivity index (χ0n) is 21.8. The average Bonchev–Trinajstić information content (AvgIpc) is 3.26. The van der Waals surface area contributed by atoms with E-state index in [1.54, 1.807) is 11.3 Å². The summed E-state index contributed by atoms with van der Waals surface area (Å²) < 4.78 is 5.42. The first-order chi connectivity index (χ1) is 17.4. The van der Waals surface area contributed by atoms with E-state index in [-0.39, 0.29) is 35.0 Å². The van der Waals surface area contributed by atoms with Gasteiger partial charge in [-0.05, 0) is 48.6 Å². The number of amides is 1. The van der Waals surface area contributed by atoms with Crippen molar-refractivity contribution in [1.29, 1.82) is 0 Å². The van der Waals surface area contributed by atoms with Crippen molar-refractivity contribution in [3.63, 3.8) is 0 Å². The minimum absolute atomic E-state index is 0.0226. The SMILES string of the molecule is C[C@H](C(=O)NCC[NH+]1CCOCC1)[C@@H]1CC[C@@]2(C)Cc3sc(Nc4ccccc4)nc3[C@@H](C)[C@@H]2[C@H]1O. The van der Waals surface area contributed by atoms with Gasteiger partial charge in [0.25, 0.3) is 0 Å².